The lowest BCUT2D eigenvalue weighted by atomic mass is 10.1. The first-order valence-corrected chi connectivity index (χ1v) is 9.28. The molecule has 0 aliphatic carbocycles. The van der Waals surface area contributed by atoms with Gasteiger partial charge in [0.2, 0.25) is 0 Å². The molecule has 4 nitrogen and oxygen atoms in total. The number of anilines is 1. The molecule has 130 valence electrons. The van der Waals surface area contributed by atoms with Gasteiger partial charge in [-0.1, -0.05) is 41.9 Å². The second-order valence-corrected chi connectivity index (χ2v) is 6.55. The van der Waals surface area contributed by atoms with E-state index in [1.165, 1.54) is 0 Å². The van der Waals surface area contributed by atoms with Crippen molar-refractivity contribution in [3.05, 3.63) is 70.2 Å². The second-order valence-electron chi connectivity index (χ2n) is 5.25. The third-order valence-electron chi connectivity index (χ3n) is 3.55. The van der Waals surface area contributed by atoms with E-state index in [4.69, 9.17) is 21.1 Å². The Labute approximate surface area is 156 Å². The van der Waals surface area contributed by atoms with Crippen LogP contribution in [-0.2, 0) is 13.2 Å². The highest BCUT2D eigenvalue weighted by atomic mass is 35.5. The maximum absolute atomic E-state index is 6.23. The Morgan fingerprint density at radius 3 is 2.68 bits per heavy atom. The number of nitrogens with one attached hydrogen (secondary N) is 1. The Balaban J connectivity index is 1.79. The highest BCUT2D eigenvalue weighted by molar-refractivity contribution is 7.13. The Bertz CT molecular complexity index is 809. The van der Waals surface area contributed by atoms with Gasteiger partial charge >= 0.3 is 0 Å². The summed E-state index contributed by atoms with van der Waals surface area (Å²) in [6.07, 6.45) is 1.78. The number of aromatic nitrogens is 1. The van der Waals surface area contributed by atoms with E-state index in [9.17, 15) is 0 Å². The van der Waals surface area contributed by atoms with Crippen molar-refractivity contribution >= 4 is 28.1 Å². The lowest BCUT2D eigenvalue weighted by molar-refractivity contribution is 0.267. The molecule has 0 spiro atoms. The van der Waals surface area contributed by atoms with Gasteiger partial charge in [0, 0.05) is 34.3 Å². The molecule has 0 unspecified atom stereocenters. The monoisotopic (exact) mass is 374 g/mol. The number of rotatable bonds is 8. The Hall–Kier alpha value is -2.24. The number of thiazole rings is 1. The molecule has 3 rings (SSSR count). The smallest absolute Gasteiger partial charge is 0.182 e. The fourth-order valence-corrected chi connectivity index (χ4v) is 3.10. The summed E-state index contributed by atoms with van der Waals surface area (Å²) in [6, 6.07) is 13.6. The predicted octanol–water partition coefficient (Wildman–Crippen LogP) is 5.39. The molecule has 0 saturated carbocycles. The van der Waals surface area contributed by atoms with Crippen LogP contribution in [0.2, 0.25) is 5.02 Å². The Kier molecular flexibility index (Phi) is 6.14. The normalized spacial score (nSPS) is 10.5. The zero-order valence-electron chi connectivity index (χ0n) is 13.9. The molecule has 1 aromatic heterocycles. The largest absolute Gasteiger partial charge is 0.490 e. The van der Waals surface area contributed by atoms with Gasteiger partial charge in [0.05, 0.1) is 6.61 Å². The van der Waals surface area contributed by atoms with E-state index in [0.29, 0.717) is 24.8 Å². The fraction of sp³-hybridized carbons (Fsp3) is 0.211. The van der Waals surface area contributed by atoms with Crippen molar-refractivity contribution in [1.29, 1.82) is 0 Å². The summed E-state index contributed by atoms with van der Waals surface area (Å²) in [7, 11) is 0. The van der Waals surface area contributed by atoms with Crippen LogP contribution in [0.15, 0.2) is 54.0 Å². The second kappa shape index (κ2) is 8.74. The van der Waals surface area contributed by atoms with E-state index in [1.807, 2.05) is 54.8 Å². The quantitative estimate of drug-likeness (QED) is 0.574. The van der Waals surface area contributed by atoms with E-state index in [2.05, 4.69) is 10.3 Å². The molecule has 0 aliphatic heterocycles. The van der Waals surface area contributed by atoms with E-state index >= 15 is 0 Å². The van der Waals surface area contributed by atoms with Crippen molar-refractivity contribution in [2.75, 3.05) is 11.9 Å². The van der Waals surface area contributed by atoms with Gasteiger partial charge in [-0.05, 0) is 19.1 Å². The molecule has 0 atom stereocenters. The molecule has 1 heterocycles. The SMILES string of the molecule is CCOc1cccc(CNc2nccs2)c1OCc1ccccc1Cl. The lowest BCUT2D eigenvalue weighted by Crippen LogP contribution is -2.06. The molecular weight excluding hydrogens is 356 g/mol. The molecule has 1 N–H and O–H groups in total. The summed E-state index contributed by atoms with van der Waals surface area (Å²) < 4.78 is 11.8. The molecule has 0 radical (unpaired) electrons. The van der Waals surface area contributed by atoms with Crippen LogP contribution >= 0.6 is 22.9 Å². The van der Waals surface area contributed by atoms with Crippen LogP contribution < -0.4 is 14.8 Å². The van der Waals surface area contributed by atoms with Crippen molar-refractivity contribution in [1.82, 2.24) is 4.98 Å². The summed E-state index contributed by atoms with van der Waals surface area (Å²) in [6.45, 7) is 3.52. The van der Waals surface area contributed by atoms with Crippen LogP contribution in [0, 0.1) is 0 Å². The van der Waals surface area contributed by atoms with E-state index in [1.54, 1.807) is 17.5 Å². The highest BCUT2D eigenvalue weighted by Gasteiger charge is 2.12. The van der Waals surface area contributed by atoms with Gasteiger partial charge in [0.25, 0.3) is 0 Å². The summed E-state index contributed by atoms with van der Waals surface area (Å²) in [5.74, 6) is 1.46. The first-order chi connectivity index (χ1) is 12.3. The van der Waals surface area contributed by atoms with Crippen molar-refractivity contribution in [2.45, 2.75) is 20.1 Å². The molecule has 0 amide bonds. The summed E-state index contributed by atoms with van der Waals surface area (Å²) in [5, 5.41) is 6.81. The molecule has 3 aromatic rings. The van der Waals surface area contributed by atoms with Gasteiger partial charge in [0.1, 0.15) is 6.61 Å². The van der Waals surface area contributed by atoms with Gasteiger partial charge in [0.15, 0.2) is 16.6 Å². The maximum atomic E-state index is 6.23. The minimum absolute atomic E-state index is 0.383. The van der Waals surface area contributed by atoms with Gasteiger partial charge in [-0.15, -0.1) is 11.3 Å². The third-order valence-corrected chi connectivity index (χ3v) is 4.65. The van der Waals surface area contributed by atoms with E-state index in [0.717, 1.165) is 27.8 Å². The first-order valence-electron chi connectivity index (χ1n) is 8.02. The van der Waals surface area contributed by atoms with E-state index < -0.39 is 0 Å². The van der Waals surface area contributed by atoms with Gasteiger partial charge in [-0.3, -0.25) is 0 Å². The summed E-state index contributed by atoms with van der Waals surface area (Å²) >= 11 is 7.79. The molecule has 0 saturated heterocycles. The van der Waals surface area contributed by atoms with Gasteiger partial charge < -0.3 is 14.8 Å². The first kappa shape index (κ1) is 17.6. The summed E-state index contributed by atoms with van der Waals surface area (Å²) in [5.41, 5.74) is 1.95. The Morgan fingerprint density at radius 2 is 1.92 bits per heavy atom. The van der Waals surface area contributed by atoms with Gasteiger partial charge in [-0.2, -0.15) is 0 Å². The highest BCUT2D eigenvalue weighted by Crippen LogP contribution is 2.33. The number of hydrogen-bond donors (Lipinski definition) is 1. The van der Waals surface area contributed by atoms with Crippen LogP contribution in [-0.4, -0.2) is 11.6 Å². The molecule has 0 fully saturated rings. The van der Waals surface area contributed by atoms with Crippen molar-refractivity contribution in [3.8, 4) is 11.5 Å². The zero-order valence-corrected chi connectivity index (χ0v) is 15.4. The van der Waals surface area contributed by atoms with Crippen molar-refractivity contribution in [2.24, 2.45) is 0 Å². The minimum atomic E-state index is 0.383. The number of hydrogen-bond acceptors (Lipinski definition) is 5. The average Bonchev–Trinajstić information content (AvgIpc) is 3.14. The molecule has 0 bridgehead atoms. The molecule has 0 aliphatic rings. The van der Waals surface area contributed by atoms with Crippen molar-refractivity contribution in [3.63, 3.8) is 0 Å². The average molecular weight is 375 g/mol. The minimum Gasteiger partial charge on any atom is -0.490 e. The lowest BCUT2D eigenvalue weighted by Gasteiger charge is -2.16. The number of ether oxygens (including phenoxy) is 2. The molecule has 25 heavy (non-hydrogen) atoms. The van der Waals surface area contributed by atoms with Crippen molar-refractivity contribution < 1.29 is 9.47 Å². The topological polar surface area (TPSA) is 43.4 Å². The molecule has 2 aromatic carbocycles. The fourth-order valence-electron chi connectivity index (χ4n) is 2.38. The van der Waals surface area contributed by atoms with Crippen LogP contribution in [0.5, 0.6) is 11.5 Å². The van der Waals surface area contributed by atoms with Crippen LogP contribution in [0.1, 0.15) is 18.1 Å². The molecule has 6 heteroatoms. The standard InChI is InChI=1S/C19H19ClN2O2S/c1-2-23-17-9-5-7-14(12-22-19-21-10-11-25-19)18(17)24-13-15-6-3-4-8-16(15)20/h3-11H,2,12-13H2,1H3,(H,21,22). The number of nitrogens with zero attached hydrogens (tertiary/aromatic N) is 1. The van der Waals surface area contributed by atoms with Gasteiger partial charge in [-0.25, -0.2) is 4.98 Å². The van der Waals surface area contributed by atoms with Crippen LogP contribution in [0.25, 0.3) is 0 Å². The number of benzene rings is 2. The van der Waals surface area contributed by atoms with E-state index in [-0.39, 0.29) is 0 Å². The number of para-hydroxylation sites is 1. The Morgan fingerprint density at radius 1 is 1.08 bits per heavy atom. The maximum Gasteiger partial charge on any atom is 0.182 e. The predicted molar refractivity (Wildman–Crippen MR) is 103 cm³/mol. The number of halogens is 1. The van der Waals surface area contributed by atoms with Crippen LogP contribution in [0.3, 0.4) is 0 Å². The molecular formula is C19H19ClN2O2S. The zero-order chi connectivity index (χ0) is 17.5. The summed E-state index contributed by atoms with van der Waals surface area (Å²) in [4.78, 5) is 4.24. The third kappa shape index (κ3) is 4.65. The van der Waals surface area contributed by atoms with Crippen LogP contribution in [0.4, 0.5) is 5.13 Å².